The van der Waals surface area contributed by atoms with Crippen LogP contribution in [0, 0.1) is 0 Å². The van der Waals surface area contributed by atoms with Gasteiger partial charge in [0, 0.05) is 48.5 Å². The van der Waals surface area contributed by atoms with Gasteiger partial charge in [-0.1, -0.05) is 24.3 Å². The number of fused-ring (bicyclic) bond motifs is 1. The van der Waals surface area contributed by atoms with Crippen molar-refractivity contribution in [1.82, 2.24) is 9.29 Å². The molecular weight excluding hydrogens is 394 g/mol. The highest BCUT2D eigenvalue weighted by atomic mass is 32.2. The van der Waals surface area contributed by atoms with E-state index >= 15 is 0 Å². The number of benzene rings is 2. The molecule has 2 aliphatic heterocycles. The number of nitrogens with zero attached hydrogens (tertiary/aromatic N) is 2. The normalized spacial score (nSPS) is 20.0. The highest BCUT2D eigenvalue weighted by Gasteiger charge is 2.24. The average Bonchev–Trinajstić information content (AvgIpc) is 3.42. The molecule has 1 atom stereocenters. The molecule has 1 unspecified atom stereocenters. The van der Waals surface area contributed by atoms with Gasteiger partial charge in [0.15, 0.2) is 0 Å². The molecule has 6 heteroatoms. The Morgan fingerprint density at radius 3 is 2.47 bits per heavy atom. The number of hydrogen-bond donors (Lipinski definition) is 1. The summed E-state index contributed by atoms with van der Waals surface area (Å²) < 4.78 is 28.6. The molecule has 3 aromatic rings. The Balaban J connectivity index is 1.57. The van der Waals surface area contributed by atoms with E-state index in [1.807, 2.05) is 36.4 Å². The van der Waals surface area contributed by atoms with Crippen molar-refractivity contribution < 1.29 is 8.42 Å². The topological polar surface area (TPSA) is 54.3 Å². The van der Waals surface area contributed by atoms with Gasteiger partial charge in [-0.2, -0.15) is 0 Å². The van der Waals surface area contributed by atoms with Crippen LogP contribution in [0.5, 0.6) is 0 Å². The van der Waals surface area contributed by atoms with Gasteiger partial charge in [0.1, 0.15) is 0 Å². The van der Waals surface area contributed by atoms with Gasteiger partial charge in [0.2, 0.25) is 0 Å². The van der Waals surface area contributed by atoms with E-state index in [1.54, 1.807) is 18.3 Å². The molecule has 0 saturated carbocycles. The molecule has 156 valence electrons. The van der Waals surface area contributed by atoms with Crippen LogP contribution in [0.3, 0.4) is 0 Å². The molecule has 1 fully saturated rings. The fourth-order valence-electron chi connectivity index (χ4n) is 4.61. The third-order valence-electron chi connectivity index (χ3n) is 6.23. The summed E-state index contributed by atoms with van der Waals surface area (Å²) in [6.45, 7) is 5.05. The number of hydrogen-bond acceptors (Lipinski definition) is 4. The van der Waals surface area contributed by atoms with Crippen LogP contribution >= 0.6 is 0 Å². The Hall–Kier alpha value is -2.57. The van der Waals surface area contributed by atoms with Crippen molar-refractivity contribution in [3.05, 3.63) is 66.4 Å². The van der Waals surface area contributed by atoms with Crippen molar-refractivity contribution in [2.75, 3.05) is 24.5 Å². The standard InChI is InChI=1S/C24H27N3O2S/c1-18-16-19(12-13-25-18)23-17-27(24-7-3-2-6-22(23)24)30(28,29)21-10-8-20(9-11-21)26-14-4-5-15-26/h2-3,6-12,17-18,25H,4-5,13-16H2,1H3. The minimum absolute atomic E-state index is 0.324. The lowest BCUT2D eigenvalue weighted by Crippen LogP contribution is -2.29. The third-order valence-corrected chi connectivity index (χ3v) is 7.92. The van der Waals surface area contributed by atoms with E-state index in [0.29, 0.717) is 10.9 Å². The molecule has 0 spiro atoms. The van der Waals surface area contributed by atoms with Gasteiger partial charge in [-0.05, 0) is 62.1 Å². The third kappa shape index (κ3) is 3.34. The van der Waals surface area contributed by atoms with Gasteiger partial charge in [-0.3, -0.25) is 0 Å². The molecular formula is C24H27N3O2S. The number of para-hydroxylation sites is 1. The van der Waals surface area contributed by atoms with Crippen LogP contribution < -0.4 is 10.2 Å². The summed E-state index contributed by atoms with van der Waals surface area (Å²) in [6.07, 6.45) is 7.25. The average molecular weight is 422 g/mol. The van der Waals surface area contributed by atoms with E-state index in [0.717, 1.165) is 48.2 Å². The van der Waals surface area contributed by atoms with Gasteiger partial charge < -0.3 is 10.2 Å². The molecule has 0 amide bonds. The Kier molecular flexibility index (Phi) is 4.91. The predicted molar refractivity (Wildman–Crippen MR) is 122 cm³/mol. The summed E-state index contributed by atoms with van der Waals surface area (Å²) in [5, 5.41) is 4.40. The zero-order chi connectivity index (χ0) is 20.7. The quantitative estimate of drug-likeness (QED) is 0.685. The maximum Gasteiger partial charge on any atom is 0.268 e. The number of rotatable bonds is 4. The predicted octanol–water partition coefficient (Wildman–Crippen LogP) is 4.24. The van der Waals surface area contributed by atoms with Gasteiger partial charge in [-0.15, -0.1) is 0 Å². The second kappa shape index (κ2) is 7.60. The van der Waals surface area contributed by atoms with Gasteiger partial charge in [0.25, 0.3) is 10.0 Å². The number of aromatic nitrogens is 1. The van der Waals surface area contributed by atoms with E-state index in [4.69, 9.17) is 0 Å². The Morgan fingerprint density at radius 2 is 1.73 bits per heavy atom. The maximum atomic E-state index is 13.6. The minimum atomic E-state index is -3.68. The van der Waals surface area contributed by atoms with Crippen molar-refractivity contribution in [2.24, 2.45) is 0 Å². The monoisotopic (exact) mass is 421 g/mol. The molecule has 0 aliphatic carbocycles. The fraction of sp³-hybridized carbons (Fsp3) is 0.333. The first kappa shape index (κ1) is 19.4. The van der Waals surface area contributed by atoms with Crippen molar-refractivity contribution in [3.63, 3.8) is 0 Å². The first-order valence-corrected chi connectivity index (χ1v) is 12.1. The van der Waals surface area contributed by atoms with E-state index < -0.39 is 10.0 Å². The van der Waals surface area contributed by atoms with Crippen LogP contribution in [0.2, 0.25) is 0 Å². The Labute approximate surface area is 178 Å². The molecule has 0 bridgehead atoms. The largest absolute Gasteiger partial charge is 0.372 e. The fourth-order valence-corrected chi connectivity index (χ4v) is 5.98. The highest BCUT2D eigenvalue weighted by molar-refractivity contribution is 7.90. The van der Waals surface area contributed by atoms with Crippen LogP contribution in [0.15, 0.2) is 65.7 Å². The van der Waals surface area contributed by atoms with Crippen molar-refractivity contribution >= 4 is 32.2 Å². The SMILES string of the molecule is CC1CC(c2cn(S(=O)(=O)c3ccc(N4CCCC4)cc3)c3ccccc23)=CCN1. The van der Waals surface area contributed by atoms with Crippen LogP contribution in [-0.4, -0.2) is 38.1 Å². The molecule has 30 heavy (non-hydrogen) atoms. The lowest BCUT2D eigenvalue weighted by Gasteiger charge is -2.20. The molecule has 1 aromatic heterocycles. The summed E-state index contributed by atoms with van der Waals surface area (Å²) in [5.41, 5.74) is 4.04. The molecule has 5 nitrogen and oxygen atoms in total. The summed E-state index contributed by atoms with van der Waals surface area (Å²) in [4.78, 5) is 2.63. The first-order chi connectivity index (χ1) is 14.5. The van der Waals surface area contributed by atoms with Crippen LogP contribution in [0.25, 0.3) is 16.5 Å². The van der Waals surface area contributed by atoms with E-state index in [1.165, 1.54) is 22.4 Å². The number of anilines is 1. The number of nitrogens with one attached hydrogen (secondary N) is 1. The summed E-state index contributed by atoms with van der Waals surface area (Å²) >= 11 is 0. The lowest BCUT2D eigenvalue weighted by atomic mass is 9.96. The Bertz CT molecular complexity index is 1200. The molecule has 0 radical (unpaired) electrons. The first-order valence-electron chi connectivity index (χ1n) is 10.7. The van der Waals surface area contributed by atoms with Crippen LogP contribution in [0.4, 0.5) is 5.69 Å². The van der Waals surface area contributed by atoms with Gasteiger partial charge in [-0.25, -0.2) is 12.4 Å². The van der Waals surface area contributed by atoms with Gasteiger partial charge >= 0.3 is 0 Å². The second-order valence-electron chi connectivity index (χ2n) is 8.29. The van der Waals surface area contributed by atoms with Gasteiger partial charge in [0.05, 0.1) is 10.4 Å². The molecule has 3 heterocycles. The minimum Gasteiger partial charge on any atom is -0.372 e. The second-order valence-corrected chi connectivity index (χ2v) is 10.1. The summed E-state index contributed by atoms with van der Waals surface area (Å²) in [7, 11) is -3.68. The van der Waals surface area contributed by atoms with E-state index in [9.17, 15) is 8.42 Å². The molecule has 1 saturated heterocycles. The molecule has 2 aromatic carbocycles. The van der Waals surface area contributed by atoms with E-state index in [2.05, 4.69) is 23.2 Å². The highest BCUT2D eigenvalue weighted by Crippen LogP contribution is 2.33. The zero-order valence-electron chi connectivity index (χ0n) is 17.2. The zero-order valence-corrected chi connectivity index (χ0v) is 18.0. The maximum absolute atomic E-state index is 13.6. The van der Waals surface area contributed by atoms with Crippen molar-refractivity contribution in [3.8, 4) is 0 Å². The van der Waals surface area contributed by atoms with Crippen LogP contribution in [0.1, 0.15) is 31.7 Å². The van der Waals surface area contributed by atoms with Crippen molar-refractivity contribution in [2.45, 2.75) is 37.1 Å². The lowest BCUT2D eigenvalue weighted by molar-refractivity contribution is 0.579. The van der Waals surface area contributed by atoms with Crippen molar-refractivity contribution in [1.29, 1.82) is 0 Å². The molecule has 2 aliphatic rings. The van der Waals surface area contributed by atoms with E-state index in [-0.39, 0.29) is 0 Å². The molecule has 5 rings (SSSR count). The van der Waals surface area contributed by atoms with Crippen LogP contribution in [-0.2, 0) is 10.0 Å². The smallest absolute Gasteiger partial charge is 0.268 e. The molecule has 1 N–H and O–H groups in total. The summed E-state index contributed by atoms with van der Waals surface area (Å²) in [5.74, 6) is 0. The summed E-state index contributed by atoms with van der Waals surface area (Å²) in [6, 6.07) is 15.5. The Morgan fingerprint density at radius 1 is 1.00 bits per heavy atom.